The van der Waals surface area contributed by atoms with Gasteiger partial charge in [0, 0.05) is 5.69 Å². The summed E-state index contributed by atoms with van der Waals surface area (Å²) in [6, 6.07) is 7.26. The van der Waals surface area contributed by atoms with Crippen molar-refractivity contribution in [3.05, 3.63) is 29.3 Å². The van der Waals surface area contributed by atoms with E-state index in [0.717, 1.165) is 42.7 Å². The summed E-state index contributed by atoms with van der Waals surface area (Å²) >= 11 is 0. The van der Waals surface area contributed by atoms with Gasteiger partial charge < -0.3 is 5.32 Å². The highest BCUT2D eigenvalue weighted by molar-refractivity contribution is 5.95. The summed E-state index contributed by atoms with van der Waals surface area (Å²) in [7, 11) is 0. The number of benzene rings is 1. The van der Waals surface area contributed by atoms with Crippen LogP contribution in [0, 0.1) is 23.2 Å². The Kier molecular flexibility index (Phi) is 5.39. The number of hydrogen-bond acceptors (Lipinski definition) is 1. The number of amides is 1. The molecule has 4 bridgehead atoms. The SMILES string of the molecule is O=C(Nc1cc(C2CCCCC2)cc(C2CCCCC2)c1)C12CC3CC(CC(C3)C1)C2. The predicted octanol–water partition coefficient (Wildman–Crippen LogP) is 7.94. The third kappa shape index (κ3) is 3.98. The van der Waals surface area contributed by atoms with Gasteiger partial charge in [0.15, 0.2) is 0 Å². The minimum atomic E-state index is -0.0550. The van der Waals surface area contributed by atoms with Crippen LogP contribution in [0.25, 0.3) is 0 Å². The van der Waals surface area contributed by atoms with Crippen molar-refractivity contribution in [2.75, 3.05) is 5.32 Å². The Hall–Kier alpha value is -1.31. The summed E-state index contributed by atoms with van der Waals surface area (Å²) in [4.78, 5) is 13.7. The molecule has 168 valence electrons. The molecule has 1 N–H and O–H groups in total. The third-order valence-corrected chi connectivity index (χ3v) is 9.91. The lowest BCUT2D eigenvalue weighted by atomic mass is 9.49. The third-order valence-electron chi connectivity index (χ3n) is 9.91. The molecule has 0 heterocycles. The quantitative estimate of drug-likeness (QED) is 0.527. The lowest BCUT2D eigenvalue weighted by molar-refractivity contribution is -0.140. The van der Waals surface area contributed by atoms with Gasteiger partial charge in [0.1, 0.15) is 0 Å². The molecule has 6 saturated carbocycles. The highest BCUT2D eigenvalue weighted by atomic mass is 16.2. The first-order chi connectivity index (χ1) is 15.2. The van der Waals surface area contributed by atoms with E-state index in [1.807, 2.05) is 0 Å². The monoisotopic (exact) mass is 419 g/mol. The Morgan fingerprint density at radius 1 is 0.677 bits per heavy atom. The van der Waals surface area contributed by atoms with Crippen molar-refractivity contribution in [1.82, 2.24) is 0 Å². The lowest BCUT2D eigenvalue weighted by Gasteiger charge is -2.55. The minimum Gasteiger partial charge on any atom is -0.326 e. The van der Waals surface area contributed by atoms with Gasteiger partial charge in [-0.3, -0.25) is 4.79 Å². The van der Waals surface area contributed by atoms with Gasteiger partial charge in [0.25, 0.3) is 0 Å². The zero-order chi connectivity index (χ0) is 20.8. The molecule has 0 radical (unpaired) electrons. The van der Waals surface area contributed by atoms with Gasteiger partial charge in [-0.2, -0.15) is 0 Å². The van der Waals surface area contributed by atoms with Crippen LogP contribution in [-0.4, -0.2) is 5.91 Å². The van der Waals surface area contributed by atoms with Crippen LogP contribution < -0.4 is 5.32 Å². The van der Waals surface area contributed by atoms with E-state index in [9.17, 15) is 4.79 Å². The van der Waals surface area contributed by atoms with E-state index in [-0.39, 0.29) is 5.41 Å². The summed E-state index contributed by atoms with van der Waals surface area (Å²) in [5.41, 5.74) is 4.09. The first-order valence-corrected chi connectivity index (χ1v) is 13.6. The maximum Gasteiger partial charge on any atom is 0.230 e. The van der Waals surface area contributed by atoms with Crippen molar-refractivity contribution >= 4 is 11.6 Å². The fourth-order valence-corrected chi connectivity index (χ4v) is 8.74. The van der Waals surface area contributed by atoms with Gasteiger partial charge in [0.2, 0.25) is 5.91 Å². The summed E-state index contributed by atoms with van der Waals surface area (Å²) < 4.78 is 0. The first kappa shape index (κ1) is 20.3. The average molecular weight is 420 g/mol. The molecule has 0 saturated heterocycles. The molecule has 6 aliphatic carbocycles. The van der Waals surface area contributed by atoms with Crippen molar-refractivity contribution in [3.8, 4) is 0 Å². The topological polar surface area (TPSA) is 29.1 Å². The molecule has 31 heavy (non-hydrogen) atoms. The first-order valence-electron chi connectivity index (χ1n) is 13.6. The van der Waals surface area contributed by atoms with Crippen LogP contribution in [0.1, 0.15) is 126 Å². The van der Waals surface area contributed by atoms with Crippen molar-refractivity contribution in [2.45, 2.75) is 115 Å². The second-order valence-electron chi connectivity index (χ2n) is 12.2. The van der Waals surface area contributed by atoms with Crippen molar-refractivity contribution < 1.29 is 4.79 Å². The lowest BCUT2D eigenvalue weighted by Crippen LogP contribution is -2.51. The van der Waals surface area contributed by atoms with Crippen LogP contribution in [-0.2, 0) is 4.79 Å². The maximum atomic E-state index is 13.7. The minimum absolute atomic E-state index is 0.0550. The van der Waals surface area contributed by atoms with E-state index in [2.05, 4.69) is 23.5 Å². The molecule has 6 aliphatic rings. The molecule has 7 rings (SSSR count). The Bertz CT molecular complexity index is 742. The van der Waals surface area contributed by atoms with Crippen molar-refractivity contribution in [3.63, 3.8) is 0 Å². The molecule has 0 atom stereocenters. The Morgan fingerprint density at radius 2 is 1.13 bits per heavy atom. The van der Waals surface area contributed by atoms with Crippen molar-refractivity contribution in [2.24, 2.45) is 23.2 Å². The largest absolute Gasteiger partial charge is 0.326 e. The van der Waals surface area contributed by atoms with E-state index < -0.39 is 0 Å². The van der Waals surface area contributed by atoms with E-state index in [1.165, 1.54) is 94.6 Å². The van der Waals surface area contributed by atoms with Crippen molar-refractivity contribution in [1.29, 1.82) is 0 Å². The number of anilines is 1. The van der Waals surface area contributed by atoms with Gasteiger partial charge in [0.05, 0.1) is 5.41 Å². The van der Waals surface area contributed by atoms with Crippen LogP contribution in [0.2, 0.25) is 0 Å². The zero-order valence-corrected chi connectivity index (χ0v) is 19.3. The Labute approximate surface area is 189 Å². The van der Waals surface area contributed by atoms with Crippen LogP contribution in [0.4, 0.5) is 5.69 Å². The summed E-state index contributed by atoms with van der Waals surface area (Å²) in [6.07, 6.45) is 21.2. The Morgan fingerprint density at radius 3 is 1.58 bits per heavy atom. The highest BCUT2D eigenvalue weighted by Gasteiger charge is 2.54. The van der Waals surface area contributed by atoms with Gasteiger partial charge >= 0.3 is 0 Å². The highest BCUT2D eigenvalue weighted by Crippen LogP contribution is 2.60. The van der Waals surface area contributed by atoms with Gasteiger partial charge in [-0.1, -0.05) is 44.6 Å². The number of carbonyl (C=O) groups is 1. The number of nitrogens with one attached hydrogen (secondary N) is 1. The fourth-order valence-electron chi connectivity index (χ4n) is 8.74. The summed E-state index contributed by atoms with van der Waals surface area (Å²) in [5.74, 6) is 4.23. The van der Waals surface area contributed by atoms with Crippen LogP contribution in [0.5, 0.6) is 0 Å². The van der Waals surface area contributed by atoms with Crippen LogP contribution in [0.3, 0.4) is 0 Å². The average Bonchev–Trinajstić information content (AvgIpc) is 2.79. The van der Waals surface area contributed by atoms with E-state index >= 15 is 0 Å². The molecule has 2 heteroatoms. The van der Waals surface area contributed by atoms with Crippen LogP contribution in [0.15, 0.2) is 18.2 Å². The number of hydrogen-bond donors (Lipinski definition) is 1. The molecule has 1 aromatic rings. The summed E-state index contributed by atoms with van der Waals surface area (Å²) in [5, 5.41) is 3.52. The van der Waals surface area contributed by atoms with Gasteiger partial charge in [-0.25, -0.2) is 0 Å². The Balaban J connectivity index is 1.27. The van der Waals surface area contributed by atoms with E-state index in [0.29, 0.717) is 17.7 Å². The molecule has 6 fully saturated rings. The number of rotatable bonds is 4. The molecule has 2 nitrogen and oxygen atoms in total. The second-order valence-corrected chi connectivity index (χ2v) is 12.2. The normalized spacial score (nSPS) is 35.9. The zero-order valence-electron chi connectivity index (χ0n) is 19.3. The molecule has 0 aromatic heterocycles. The molecular weight excluding hydrogens is 378 g/mol. The molecule has 0 unspecified atom stereocenters. The standard InChI is InChI=1S/C29H41NO/c31-28(29-17-20-11-21(18-29)13-22(12-20)19-29)30-27-15-25(23-7-3-1-4-8-23)14-26(16-27)24-9-5-2-6-10-24/h14-16,20-24H,1-13,17-19H2,(H,30,31). The fraction of sp³-hybridized carbons (Fsp3) is 0.759. The molecule has 0 spiro atoms. The summed E-state index contributed by atoms with van der Waals surface area (Å²) in [6.45, 7) is 0. The van der Waals surface area contributed by atoms with Crippen LogP contribution >= 0.6 is 0 Å². The van der Waals surface area contributed by atoms with Gasteiger partial charge in [-0.15, -0.1) is 0 Å². The maximum absolute atomic E-state index is 13.7. The van der Waals surface area contributed by atoms with E-state index in [4.69, 9.17) is 0 Å². The molecule has 0 aliphatic heterocycles. The molecular formula is C29H41NO. The van der Waals surface area contributed by atoms with E-state index in [1.54, 1.807) is 0 Å². The second kappa shape index (κ2) is 8.23. The predicted molar refractivity (Wildman–Crippen MR) is 127 cm³/mol. The van der Waals surface area contributed by atoms with Gasteiger partial charge in [-0.05, 0) is 117 Å². The number of carbonyl (C=O) groups excluding carboxylic acids is 1. The smallest absolute Gasteiger partial charge is 0.230 e. The molecule has 1 aromatic carbocycles. The molecule has 1 amide bonds.